The average molecular weight is 429 g/mol. The quantitative estimate of drug-likeness (QED) is 0.112. The van der Waals surface area contributed by atoms with Crippen molar-refractivity contribution >= 4 is 8.56 Å². The summed E-state index contributed by atoms with van der Waals surface area (Å²) in [4.78, 5) is 0. The van der Waals surface area contributed by atoms with Gasteiger partial charge in [-0.15, -0.1) is 0 Å². The molecule has 0 fully saturated rings. The summed E-state index contributed by atoms with van der Waals surface area (Å²) >= 11 is 0. The molecule has 0 rings (SSSR count). The minimum atomic E-state index is -2.00. The maximum atomic E-state index is 6.52. The van der Waals surface area contributed by atoms with Crippen LogP contribution in [-0.2, 0) is 8.85 Å². The van der Waals surface area contributed by atoms with Crippen molar-refractivity contribution in [1.29, 1.82) is 0 Å². The van der Waals surface area contributed by atoms with Crippen molar-refractivity contribution in [3.8, 4) is 0 Å². The lowest BCUT2D eigenvalue weighted by atomic mass is 10.1. The molecule has 0 aliphatic heterocycles. The van der Waals surface area contributed by atoms with E-state index in [1.54, 1.807) is 0 Å². The Morgan fingerprint density at radius 2 is 0.690 bits per heavy atom. The van der Waals surface area contributed by atoms with Crippen molar-refractivity contribution < 1.29 is 8.85 Å². The van der Waals surface area contributed by atoms with E-state index in [9.17, 15) is 0 Å². The number of hydrogen-bond acceptors (Lipinski definition) is 2. The van der Waals surface area contributed by atoms with E-state index >= 15 is 0 Å². The molecule has 0 spiro atoms. The molecule has 0 N–H and O–H groups in total. The maximum absolute atomic E-state index is 6.52. The normalized spacial score (nSPS) is 12.0. The summed E-state index contributed by atoms with van der Waals surface area (Å²) in [6.45, 7) is 10.8. The van der Waals surface area contributed by atoms with Crippen LogP contribution in [0.5, 0.6) is 0 Å². The Hall–Kier alpha value is 0.137. The Morgan fingerprint density at radius 3 is 1.00 bits per heavy atom. The smallest absolute Gasteiger partial charge is 0.338 e. The molecule has 0 aromatic carbocycles. The highest BCUT2D eigenvalue weighted by Gasteiger charge is 2.36. The summed E-state index contributed by atoms with van der Waals surface area (Å²) in [5.41, 5.74) is 0. The summed E-state index contributed by atoms with van der Waals surface area (Å²) in [6, 6.07) is 2.44. The van der Waals surface area contributed by atoms with Gasteiger partial charge in [-0.2, -0.15) is 0 Å². The van der Waals surface area contributed by atoms with E-state index in [0.29, 0.717) is 0 Å². The topological polar surface area (TPSA) is 18.5 Å². The van der Waals surface area contributed by atoms with Crippen LogP contribution in [0.4, 0.5) is 0 Å². The molecular weight excluding hydrogens is 372 g/mol. The van der Waals surface area contributed by atoms with E-state index in [4.69, 9.17) is 8.85 Å². The van der Waals surface area contributed by atoms with Crippen molar-refractivity contribution in [2.45, 2.75) is 155 Å². The Labute approximate surface area is 186 Å². The highest BCUT2D eigenvalue weighted by atomic mass is 28.4. The zero-order valence-electron chi connectivity index (χ0n) is 20.9. The van der Waals surface area contributed by atoms with Gasteiger partial charge >= 0.3 is 8.56 Å². The number of unbranched alkanes of at least 4 members (excludes halogenated alkanes) is 14. The zero-order valence-corrected chi connectivity index (χ0v) is 21.9. The summed E-state index contributed by atoms with van der Waals surface area (Å²) in [5.74, 6) is 0. The van der Waals surface area contributed by atoms with Crippen LogP contribution < -0.4 is 0 Å². The van der Waals surface area contributed by atoms with Gasteiger partial charge in [0.15, 0.2) is 0 Å². The molecule has 0 aromatic rings. The molecule has 0 amide bonds. The van der Waals surface area contributed by atoms with Gasteiger partial charge in [0.1, 0.15) is 0 Å². The van der Waals surface area contributed by atoms with Gasteiger partial charge in [-0.25, -0.2) is 0 Å². The summed E-state index contributed by atoms with van der Waals surface area (Å²) in [5, 5.41) is 0. The van der Waals surface area contributed by atoms with Gasteiger partial charge in [0.2, 0.25) is 0 Å². The highest BCUT2D eigenvalue weighted by Crippen LogP contribution is 2.27. The van der Waals surface area contributed by atoms with E-state index in [1.807, 2.05) is 0 Å². The molecule has 0 bridgehead atoms. The first kappa shape index (κ1) is 29.1. The zero-order chi connectivity index (χ0) is 21.5. The molecule has 29 heavy (non-hydrogen) atoms. The van der Waals surface area contributed by atoms with E-state index in [2.05, 4.69) is 27.7 Å². The molecule has 0 atom stereocenters. The van der Waals surface area contributed by atoms with E-state index in [-0.39, 0.29) is 0 Å². The first-order chi connectivity index (χ1) is 14.2. The predicted molar refractivity (Wildman–Crippen MR) is 133 cm³/mol. The average Bonchev–Trinajstić information content (AvgIpc) is 2.74. The third kappa shape index (κ3) is 18.6. The van der Waals surface area contributed by atoms with E-state index < -0.39 is 8.56 Å². The van der Waals surface area contributed by atoms with Crippen LogP contribution >= 0.6 is 0 Å². The first-order valence-corrected chi connectivity index (χ1v) is 15.8. The fourth-order valence-corrected chi connectivity index (χ4v) is 7.73. The standard InChI is InChI=1S/C26H56O2Si/c1-5-9-11-13-15-17-19-21-25-29(27-23-7-3,28-24-8-4)26-22-20-18-16-14-12-10-6-2/h5-26H2,1-4H3. The van der Waals surface area contributed by atoms with Gasteiger partial charge in [-0.3, -0.25) is 0 Å². The van der Waals surface area contributed by atoms with Crippen LogP contribution in [0, 0.1) is 0 Å². The SMILES string of the molecule is CCCCCCCCCC[Si](CCCCCCCCCC)(OCCC)OCCC. The van der Waals surface area contributed by atoms with Gasteiger partial charge < -0.3 is 8.85 Å². The largest absolute Gasteiger partial charge is 0.394 e. The monoisotopic (exact) mass is 428 g/mol. The second-order valence-electron chi connectivity index (χ2n) is 9.06. The second kappa shape index (κ2) is 22.8. The van der Waals surface area contributed by atoms with Gasteiger partial charge in [0.25, 0.3) is 0 Å². The van der Waals surface area contributed by atoms with Gasteiger partial charge in [0, 0.05) is 13.2 Å². The number of rotatable bonds is 24. The van der Waals surface area contributed by atoms with Crippen LogP contribution in [0.25, 0.3) is 0 Å². The van der Waals surface area contributed by atoms with Gasteiger partial charge in [-0.1, -0.05) is 130 Å². The Kier molecular flexibility index (Phi) is 22.9. The minimum absolute atomic E-state index is 0.893. The molecule has 0 radical (unpaired) electrons. The van der Waals surface area contributed by atoms with Crippen molar-refractivity contribution in [3.05, 3.63) is 0 Å². The third-order valence-corrected chi connectivity index (χ3v) is 9.65. The molecule has 0 aliphatic rings. The Morgan fingerprint density at radius 1 is 0.379 bits per heavy atom. The summed E-state index contributed by atoms with van der Waals surface area (Å²) in [7, 11) is -2.00. The van der Waals surface area contributed by atoms with E-state index in [0.717, 1.165) is 26.1 Å². The Balaban J connectivity index is 4.25. The number of hydrogen-bond donors (Lipinski definition) is 0. The van der Waals surface area contributed by atoms with Crippen molar-refractivity contribution in [2.24, 2.45) is 0 Å². The fourth-order valence-electron chi connectivity index (χ4n) is 4.09. The predicted octanol–water partition coefficient (Wildman–Crippen LogP) is 9.56. The van der Waals surface area contributed by atoms with Gasteiger partial charge in [0.05, 0.1) is 0 Å². The molecule has 0 saturated carbocycles. The maximum Gasteiger partial charge on any atom is 0.338 e. The van der Waals surface area contributed by atoms with Gasteiger partial charge in [-0.05, 0) is 24.9 Å². The van der Waals surface area contributed by atoms with Crippen molar-refractivity contribution in [2.75, 3.05) is 13.2 Å². The lowest BCUT2D eigenvalue weighted by Crippen LogP contribution is -2.42. The van der Waals surface area contributed by atoms with Crippen LogP contribution in [-0.4, -0.2) is 21.8 Å². The van der Waals surface area contributed by atoms with Crippen molar-refractivity contribution in [3.63, 3.8) is 0 Å². The van der Waals surface area contributed by atoms with E-state index in [1.165, 1.54) is 115 Å². The molecular formula is C26H56O2Si. The van der Waals surface area contributed by atoms with Crippen LogP contribution in [0.2, 0.25) is 12.1 Å². The fraction of sp³-hybridized carbons (Fsp3) is 1.00. The highest BCUT2D eigenvalue weighted by molar-refractivity contribution is 6.67. The molecule has 0 unspecified atom stereocenters. The Bertz CT molecular complexity index is 279. The van der Waals surface area contributed by atoms with Crippen LogP contribution in [0.3, 0.4) is 0 Å². The molecule has 3 heteroatoms. The lowest BCUT2D eigenvalue weighted by Gasteiger charge is -2.31. The lowest BCUT2D eigenvalue weighted by molar-refractivity contribution is 0.165. The molecule has 0 aliphatic carbocycles. The molecule has 2 nitrogen and oxygen atoms in total. The van der Waals surface area contributed by atoms with Crippen molar-refractivity contribution in [1.82, 2.24) is 0 Å². The van der Waals surface area contributed by atoms with Crippen LogP contribution in [0.1, 0.15) is 143 Å². The third-order valence-electron chi connectivity index (χ3n) is 5.96. The molecule has 176 valence electrons. The summed E-state index contributed by atoms with van der Waals surface area (Å²) in [6.07, 6.45) is 24.4. The van der Waals surface area contributed by atoms with Crippen LogP contribution in [0.15, 0.2) is 0 Å². The molecule has 0 saturated heterocycles. The molecule has 0 heterocycles. The molecule has 0 aromatic heterocycles. The minimum Gasteiger partial charge on any atom is -0.394 e. The second-order valence-corrected chi connectivity index (χ2v) is 12.5. The summed E-state index contributed by atoms with van der Waals surface area (Å²) < 4.78 is 13.0. The first-order valence-electron chi connectivity index (χ1n) is 13.5.